The van der Waals surface area contributed by atoms with E-state index >= 15 is 0 Å². The number of nitrogens with zero attached hydrogens (tertiary/aromatic N) is 8. The number of hydrogen-bond donors (Lipinski definition) is 8. The van der Waals surface area contributed by atoms with Crippen molar-refractivity contribution in [3.8, 4) is 0 Å². The quantitative estimate of drug-likeness (QED) is 0.0128. The molecule has 16 N–H and O–H groups in total. The van der Waals surface area contributed by atoms with Crippen LogP contribution in [0.15, 0.2) is 310 Å². The molecule has 4 fully saturated rings. The highest BCUT2D eigenvalue weighted by Crippen LogP contribution is 2.56. The van der Waals surface area contributed by atoms with Gasteiger partial charge in [-0.2, -0.15) is 0 Å². The molecular formula is C125H150N16O8. The lowest BCUT2D eigenvalue weighted by molar-refractivity contribution is -0.145. The number of fused-ring (bicyclic) bond motifs is 12. The van der Waals surface area contributed by atoms with Crippen molar-refractivity contribution in [1.82, 2.24) is 19.6 Å². The fraction of sp³-hybridized carbons (Fsp3) is 0.408. The molecule has 12 unspecified atom stereocenters. The first-order valence-corrected chi connectivity index (χ1v) is 53.8. The van der Waals surface area contributed by atoms with E-state index in [4.69, 9.17) is 64.5 Å². The van der Waals surface area contributed by atoms with Gasteiger partial charge in [-0.3, -0.25) is 19.2 Å². The van der Waals surface area contributed by atoms with E-state index in [1.807, 2.05) is 136 Å². The van der Waals surface area contributed by atoms with Gasteiger partial charge < -0.3 is 84.1 Å². The Bertz CT molecular complexity index is 6750. The lowest BCUT2D eigenvalue weighted by Crippen LogP contribution is -2.51. The number of carbonyl (C=O) groups excluding carboxylic acids is 4. The molecule has 0 spiro atoms. The van der Waals surface area contributed by atoms with Crippen molar-refractivity contribution in [2.75, 3.05) is 19.6 Å². The number of guanidine groups is 4. The number of allylic oxidation sites excluding steroid dienone is 6. The molecule has 11 aliphatic rings. The molecule has 0 bridgehead atoms. The van der Waals surface area contributed by atoms with Gasteiger partial charge in [-0.05, 0) is 275 Å². The Kier molecular flexibility index (Phi) is 33.0. The first kappa shape index (κ1) is 105. The summed E-state index contributed by atoms with van der Waals surface area (Å²) in [6.45, 7) is 17.4. The van der Waals surface area contributed by atoms with Crippen molar-refractivity contribution in [3.63, 3.8) is 0 Å². The summed E-state index contributed by atoms with van der Waals surface area (Å²) >= 11 is 0. The predicted octanol–water partition coefficient (Wildman–Crippen LogP) is 20.6. The molecule has 3 saturated heterocycles. The highest BCUT2D eigenvalue weighted by atomic mass is 16.5. The zero-order valence-corrected chi connectivity index (χ0v) is 87.3. The van der Waals surface area contributed by atoms with E-state index in [2.05, 4.69) is 205 Å². The SMILES string of the molecule is Cc1cc2c(cc1CN(Cc1cccc(CN=C(N)N)c1)C(=O)c1ccco1)C(C)(C)CCC2(C)C.NC(N)=NCc1cccc(CN(CC23CC=CCC2C2CC=CCC2O3)C(=O)C2CCCCC2)c1.NC(N)=NCc1cccc(CN(CC23CC=CCC2C2CC=CCC2O3)C(=O)c2ccc3ccccc3c2)c1.NC(N)=NCc1cccc(CN(CC23CC=CCC2C2CC=CCC2O3)C(=O)c2cccc3ccccc23)c1. The highest BCUT2D eigenvalue weighted by Gasteiger charge is 2.59. The van der Waals surface area contributed by atoms with Gasteiger partial charge in [-0.1, -0.05) is 296 Å². The van der Waals surface area contributed by atoms with Gasteiger partial charge in [0.25, 0.3) is 17.7 Å². The minimum absolute atomic E-state index is 0.0228. The van der Waals surface area contributed by atoms with E-state index in [1.54, 1.807) is 12.1 Å². The molecule has 0 radical (unpaired) electrons. The number of ether oxygens (including phenoxy) is 3. The number of amides is 4. The third-order valence-corrected chi connectivity index (χ3v) is 33.2. The smallest absolute Gasteiger partial charge is 0.290 e. The molecule has 24 nitrogen and oxygen atoms in total. The number of hydrogen-bond acceptors (Lipinski definition) is 12. The summed E-state index contributed by atoms with van der Waals surface area (Å²) in [7, 11) is 0. The average molecular weight is 2000 g/mol. The van der Waals surface area contributed by atoms with Crippen LogP contribution < -0.4 is 45.9 Å². The standard InChI is InChI=1S/2C33H36N4O2.C30H38N4O2.C29H40N4O2/c34-32(35)36-20-23-9-7-10-24(19-23)21-37(31(38)27-15-8-12-25-11-1-2-13-26(25)27)22-33-18-6-5-16-29(33)28-14-3-4-17-30(28)39-33;34-32(35)36-20-23-8-7-9-24(18-23)21-37(31(38)27-16-15-25-10-1-2-11-26(25)19-27)22-33-17-6-5-13-29(33)28-12-3-4-14-30(28)39-33;1-20-14-24-25(30(4,5)12-11-29(24,2)3)16-23(20)19-34(27(35)26-10-7-13-36-26)18-22-9-6-8-21(15-22)17-33-28(31)32;30-28(31)32-18-21-9-8-10-22(17-21)19-33(27(34)23-11-2-1-3-12-23)20-29-16-7-6-14-25(29)24-13-4-5-15-26(24)35-29/h1-13,15,19,28-30H,14,16-18,20-22H2,(H4,34,35,36);1-11,15-16,18-19,28-30H,12-14,17,20-22H2,(H4,34,35,36);6-10,13-16H,11-12,17-19H2,1-5H3,(H4,31,32,33);4-10,17,23-26H,1-3,11-16,18-20H2,(H4,30,31,32). The maximum absolute atomic E-state index is 14.4. The van der Waals surface area contributed by atoms with E-state index in [9.17, 15) is 19.2 Å². The Morgan fingerprint density at radius 1 is 0.349 bits per heavy atom. The zero-order valence-electron chi connectivity index (χ0n) is 87.3. The molecule has 21 rings (SSSR count). The molecule has 778 valence electrons. The number of furan rings is 1. The van der Waals surface area contributed by atoms with Crippen molar-refractivity contribution in [3.05, 3.63) is 369 Å². The number of benzene rings is 9. The normalized spacial score (nSPS) is 24.0. The Morgan fingerprint density at radius 2 is 0.738 bits per heavy atom. The molecule has 9 aromatic carbocycles. The van der Waals surface area contributed by atoms with Gasteiger partial charge in [0.05, 0.1) is 87.2 Å². The van der Waals surface area contributed by atoms with Crippen molar-refractivity contribution in [1.29, 1.82) is 0 Å². The number of aliphatic imine (C=N–C) groups is 4. The Morgan fingerprint density at radius 3 is 1.19 bits per heavy atom. The summed E-state index contributed by atoms with van der Waals surface area (Å²) in [4.78, 5) is 80.8. The molecule has 10 aromatic rings. The van der Waals surface area contributed by atoms with E-state index in [1.165, 1.54) is 35.8 Å². The maximum Gasteiger partial charge on any atom is 0.290 e. The van der Waals surface area contributed by atoms with Gasteiger partial charge in [0, 0.05) is 49.8 Å². The van der Waals surface area contributed by atoms with Crippen LogP contribution in [0.25, 0.3) is 21.5 Å². The van der Waals surface area contributed by atoms with Crippen molar-refractivity contribution in [2.45, 2.75) is 261 Å². The van der Waals surface area contributed by atoms with Gasteiger partial charge in [0.2, 0.25) is 5.91 Å². The fourth-order valence-electron chi connectivity index (χ4n) is 25.5. The van der Waals surface area contributed by atoms with Crippen molar-refractivity contribution in [2.24, 2.45) is 107 Å². The summed E-state index contributed by atoms with van der Waals surface area (Å²) < 4.78 is 26.3. The third kappa shape index (κ3) is 25.0. The van der Waals surface area contributed by atoms with Crippen LogP contribution in [0.5, 0.6) is 0 Å². The lowest BCUT2D eigenvalue weighted by atomic mass is 9.62. The van der Waals surface area contributed by atoms with Crippen LogP contribution in [0.1, 0.15) is 248 Å². The summed E-state index contributed by atoms with van der Waals surface area (Å²) in [5.74, 6) is 3.80. The van der Waals surface area contributed by atoms with Crippen LogP contribution in [-0.2, 0) is 88.7 Å². The summed E-state index contributed by atoms with van der Waals surface area (Å²) in [6.07, 6.45) is 49.2. The minimum atomic E-state index is -0.383. The highest BCUT2D eigenvalue weighted by molar-refractivity contribution is 6.07. The summed E-state index contributed by atoms with van der Waals surface area (Å²) in [5.41, 5.74) is 58.4. The van der Waals surface area contributed by atoms with E-state index < -0.39 is 0 Å². The first-order valence-electron chi connectivity index (χ1n) is 53.8. The van der Waals surface area contributed by atoms with Crippen molar-refractivity contribution >= 4 is 69.0 Å². The second-order valence-electron chi connectivity index (χ2n) is 44.5. The van der Waals surface area contributed by atoms with Crippen LogP contribution in [0.4, 0.5) is 0 Å². The van der Waals surface area contributed by atoms with Crippen LogP contribution >= 0.6 is 0 Å². The molecule has 8 aliphatic carbocycles. The molecule has 24 heteroatoms. The third-order valence-electron chi connectivity index (χ3n) is 33.2. The largest absolute Gasteiger partial charge is 0.459 e. The zero-order chi connectivity index (χ0) is 104. The fourth-order valence-corrected chi connectivity index (χ4v) is 25.5. The molecule has 4 heterocycles. The lowest BCUT2D eigenvalue weighted by Gasteiger charge is -2.42. The molecule has 3 aliphatic heterocycles. The summed E-state index contributed by atoms with van der Waals surface area (Å²) in [5, 5.41) is 4.22. The van der Waals surface area contributed by atoms with Gasteiger partial charge in [-0.25, -0.2) is 20.0 Å². The topological polar surface area (TPSA) is 380 Å². The monoisotopic (exact) mass is 2000 g/mol. The van der Waals surface area contributed by atoms with Crippen LogP contribution in [0.2, 0.25) is 0 Å². The molecule has 4 amide bonds. The number of rotatable bonds is 28. The molecule has 12 atom stereocenters. The first-order chi connectivity index (χ1) is 72.0. The average Bonchev–Trinajstić information content (AvgIpc) is 1.73. The van der Waals surface area contributed by atoms with E-state index in [0.29, 0.717) is 131 Å². The Labute approximate surface area is 878 Å². The number of aryl methyl sites for hydroxylation is 1. The molecule has 149 heavy (non-hydrogen) atoms. The molecule has 1 aromatic heterocycles. The Balaban J connectivity index is 0.000000130. The molecule has 1 saturated carbocycles. The second kappa shape index (κ2) is 46.9. The van der Waals surface area contributed by atoms with E-state index in [-0.39, 0.29) is 93.4 Å². The Hall–Kier alpha value is -13.9. The van der Waals surface area contributed by atoms with Gasteiger partial charge in [0.1, 0.15) is 0 Å². The second-order valence-corrected chi connectivity index (χ2v) is 44.5. The predicted molar refractivity (Wildman–Crippen MR) is 596 cm³/mol. The molecular weight excluding hydrogens is 1850 g/mol. The maximum atomic E-state index is 14.4. The van der Waals surface area contributed by atoms with Crippen LogP contribution in [-0.4, -0.2) is 122 Å². The minimum Gasteiger partial charge on any atom is -0.459 e. The number of nitrogens with two attached hydrogens (primary N) is 8. The van der Waals surface area contributed by atoms with Gasteiger partial charge in [-0.15, -0.1) is 0 Å². The van der Waals surface area contributed by atoms with Gasteiger partial charge in [0.15, 0.2) is 29.6 Å². The van der Waals surface area contributed by atoms with E-state index in [0.717, 1.165) is 186 Å². The number of carbonyl (C=O) groups is 4. The van der Waals surface area contributed by atoms with Crippen LogP contribution in [0, 0.1) is 48.3 Å². The van der Waals surface area contributed by atoms with Crippen molar-refractivity contribution < 1.29 is 37.8 Å². The van der Waals surface area contributed by atoms with Crippen LogP contribution in [0.3, 0.4) is 0 Å². The summed E-state index contributed by atoms with van der Waals surface area (Å²) in [6, 6.07) is 69.0. The van der Waals surface area contributed by atoms with Gasteiger partial charge >= 0.3 is 0 Å².